The Morgan fingerprint density at radius 1 is 1.38 bits per heavy atom. The van der Waals surface area contributed by atoms with Crippen molar-refractivity contribution in [1.29, 1.82) is 0 Å². The molecular formula is C9H12N4. The summed E-state index contributed by atoms with van der Waals surface area (Å²) < 4.78 is 0. The molecule has 3 rings (SSSR count). The summed E-state index contributed by atoms with van der Waals surface area (Å²) in [6.45, 7) is 1.05. The van der Waals surface area contributed by atoms with E-state index in [0.717, 1.165) is 6.54 Å². The first kappa shape index (κ1) is 7.41. The molecule has 1 aliphatic heterocycles. The molecule has 0 bridgehead atoms. The summed E-state index contributed by atoms with van der Waals surface area (Å²) in [5, 5.41) is 3.44. The van der Waals surface area contributed by atoms with Gasteiger partial charge in [-0.1, -0.05) is 0 Å². The Morgan fingerprint density at radius 3 is 2.77 bits per heavy atom. The predicted octanol–water partition coefficient (Wildman–Crippen LogP) is -0.306. The van der Waals surface area contributed by atoms with Crippen LogP contribution in [0.4, 0.5) is 0 Å². The Balaban J connectivity index is 1.87. The van der Waals surface area contributed by atoms with Crippen LogP contribution in [0.3, 0.4) is 0 Å². The van der Waals surface area contributed by atoms with Crippen molar-refractivity contribution in [2.45, 2.75) is 12.1 Å². The first-order valence-electron chi connectivity index (χ1n) is 4.62. The van der Waals surface area contributed by atoms with Crippen molar-refractivity contribution in [3.05, 3.63) is 24.3 Å². The van der Waals surface area contributed by atoms with Crippen molar-refractivity contribution < 1.29 is 0 Å². The van der Waals surface area contributed by atoms with Crippen LogP contribution in [0.2, 0.25) is 0 Å². The maximum atomic E-state index is 5.92. The van der Waals surface area contributed by atoms with Gasteiger partial charge in [-0.15, -0.1) is 0 Å². The minimum Gasteiger partial charge on any atom is -0.327 e. The number of nitrogens with one attached hydrogen (secondary N) is 1. The third-order valence-electron chi connectivity index (χ3n) is 3.19. The van der Waals surface area contributed by atoms with Gasteiger partial charge in [0.15, 0.2) is 0 Å². The second-order valence-electron chi connectivity index (χ2n) is 3.88. The van der Waals surface area contributed by atoms with Gasteiger partial charge in [0.1, 0.15) is 6.33 Å². The van der Waals surface area contributed by atoms with Crippen molar-refractivity contribution in [1.82, 2.24) is 15.3 Å². The van der Waals surface area contributed by atoms with E-state index >= 15 is 0 Å². The molecular weight excluding hydrogens is 164 g/mol. The number of piperidine rings is 1. The lowest BCUT2D eigenvalue weighted by Crippen LogP contribution is -2.25. The summed E-state index contributed by atoms with van der Waals surface area (Å²) in [6, 6.07) is 0.785. The Bertz CT molecular complexity index is 313. The Morgan fingerprint density at radius 2 is 2.15 bits per heavy atom. The summed E-state index contributed by atoms with van der Waals surface area (Å²) in [5.74, 6) is 1.30. The topological polar surface area (TPSA) is 63.8 Å². The number of fused-ring (bicyclic) bond motifs is 1. The molecule has 1 aromatic heterocycles. The lowest BCUT2D eigenvalue weighted by atomic mass is 10.1. The quantitative estimate of drug-likeness (QED) is 0.616. The van der Waals surface area contributed by atoms with Crippen LogP contribution in [0.25, 0.3) is 0 Å². The number of aromatic nitrogens is 2. The number of hydrogen-bond donors (Lipinski definition) is 2. The molecule has 0 spiro atoms. The van der Waals surface area contributed by atoms with Crippen molar-refractivity contribution in [3.8, 4) is 0 Å². The second-order valence-corrected chi connectivity index (χ2v) is 3.88. The smallest absolute Gasteiger partial charge is 0.115 e. The Kier molecular flexibility index (Phi) is 1.42. The molecule has 2 aliphatic rings. The first-order chi connectivity index (χ1) is 6.38. The van der Waals surface area contributed by atoms with E-state index in [9.17, 15) is 0 Å². The van der Waals surface area contributed by atoms with Crippen LogP contribution in [0.5, 0.6) is 0 Å². The predicted molar refractivity (Wildman–Crippen MR) is 47.7 cm³/mol. The molecule has 1 aliphatic carbocycles. The third-order valence-corrected chi connectivity index (χ3v) is 3.19. The number of nitrogens with zero attached hydrogens (tertiary/aromatic N) is 2. The molecule has 0 aromatic carbocycles. The van der Waals surface area contributed by atoms with Gasteiger partial charge in [0, 0.05) is 36.6 Å². The molecule has 1 saturated heterocycles. The van der Waals surface area contributed by atoms with Gasteiger partial charge in [0.25, 0.3) is 0 Å². The van der Waals surface area contributed by atoms with Gasteiger partial charge in [-0.3, -0.25) is 0 Å². The number of hydrogen-bond acceptors (Lipinski definition) is 4. The van der Waals surface area contributed by atoms with E-state index < -0.39 is 0 Å². The molecule has 3 N–H and O–H groups in total. The van der Waals surface area contributed by atoms with Gasteiger partial charge in [-0.2, -0.15) is 0 Å². The second kappa shape index (κ2) is 2.49. The standard InChI is InChI=1S/C9H12N4/c10-8-6-3-13-9(7(6)8)5-1-11-4-12-2-5/h1-2,4,6-9,13H,3,10H2. The van der Waals surface area contributed by atoms with Gasteiger partial charge in [-0.25, -0.2) is 9.97 Å². The summed E-state index contributed by atoms with van der Waals surface area (Å²) in [5.41, 5.74) is 7.09. The average Bonchev–Trinajstić information content (AvgIpc) is 2.67. The molecule has 0 radical (unpaired) electrons. The van der Waals surface area contributed by atoms with E-state index in [1.807, 2.05) is 12.4 Å². The van der Waals surface area contributed by atoms with E-state index in [2.05, 4.69) is 15.3 Å². The van der Waals surface area contributed by atoms with E-state index in [1.165, 1.54) is 5.56 Å². The van der Waals surface area contributed by atoms with Crippen LogP contribution in [-0.4, -0.2) is 22.6 Å². The molecule has 2 fully saturated rings. The maximum Gasteiger partial charge on any atom is 0.115 e. The maximum absolute atomic E-state index is 5.92. The van der Waals surface area contributed by atoms with Gasteiger partial charge >= 0.3 is 0 Å². The van der Waals surface area contributed by atoms with Crippen molar-refractivity contribution in [2.24, 2.45) is 17.6 Å². The van der Waals surface area contributed by atoms with Gasteiger partial charge in [-0.05, 0) is 11.8 Å². The Hall–Kier alpha value is -1.00. The molecule has 68 valence electrons. The van der Waals surface area contributed by atoms with Gasteiger partial charge < -0.3 is 11.1 Å². The number of rotatable bonds is 1. The summed E-state index contributed by atoms with van der Waals surface area (Å²) in [6.07, 6.45) is 5.30. The van der Waals surface area contributed by atoms with Crippen molar-refractivity contribution >= 4 is 0 Å². The highest BCUT2D eigenvalue weighted by molar-refractivity contribution is 5.22. The van der Waals surface area contributed by atoms with E-state index in [1.54, 1.807) is 6.33 Å². The Labute approximate surface area is 76.6 Å². The zero-order valence-corrected chi connectivity index (χ0v) is 7.22. The van der Waals surface area contributed by atoms with E-state index in [0.29, 0.717) is 23.9 Å². The average molecular weight is 176 g/mol. The number of nitrogens with two attached hydrogens (primary N) is 1. The highest BCUT2D eigenvalue weighted by Gasteiger charge is 2.56. The van der Waals surface area contributed by atoms with Crippen LogP contribution in [0.1, 0.15) is 11.6 Å². The fourth-order valence-corrected chi connectivity index (χ4v) is 2.38. The van der Waals surface area contributed by atoms with Crippen LogP contribution in [0.15, 0.2) is 18.7 Å². The molecule has 1 saturated carbocycles. The highest BCUT2D eigenvalue weighted by atomic mass is 15.1. The largest absolute Gasteiger partial charge is 0.327 e. The third kappa shape index (κ3) is 0.990. The van der Waals surface area contributed by atoms with Gasteiger partial charge in [0.05, 0.1) is 0 Å². The lowest BCUT2D eigenvalue weighted by molar-refractivity contribution is 0.533. The SMILES string of the molecule is NC1C2CNC(c3cncnc3)C12. The molecule has 1 aromatic rings. The lowest BCUT2D eigenvalue weighted by Gasteiger charge is -2.13. The van der Waals surface area contributed by atoms with Crippen molar-refractivity contribution in [3.63, 3.8) is 0 Å². The molecule has 0 amide bonds. The molecule has 4 heteroatoms. The normalized spacial score (nSPS) is 41.6. The summed E-state index contributed by atoms with van der Waals surface area (Å²) in [4.78, 5) is 8.03. The van der Waals surface area contributed by atoms with Gasteiger partial charge in [0.2, 0.25) is 0 Å². The highest BCUT2D eigenvalue weighted by Crippen LogP contribution is 2.50. The molecule has 13 heavy (non-hydrogen) atoms. The van der Waals surface area contributed by atoms with E-state index in [-0.39, 0.29) is 0 Å². The first-order valence-corrected chi connectivity index (χ1v) is 4.62. The van der Waals surface area contributed by atoms with Crippen LogP contribution < -0.4 is 11.1 Å². The summed E-state index contributed by atoms with van der Waals surface area (Å²) >= 11 is 0. The minimum absolute atomic E-state index is 0.390. The van der Waals surface area contributed by atoms with Crippen LogP contribution >= 0.6 is 0 Å². The van der Waals surface area contributed by atoms with Crippen molar-refractivity contribution in [2.75, 3.05) is 6.54 Å². The fourth-order valence-electron chi connectivity index (χ4n) is 2.38. The van der Waals surface area contributed by atoms with E-state index in [4.69, 9.17) is 5.73 Å². The molecule has 4 nitrogen and oxygen atoms in total. The zero-order chi connectivity index (χ0) is 8.84. The fraction of sp³-hybridized carbons (Fsp3) is 0.556. The van der Waals surface area contributed by atoms with Crippen LogP contribution in [0, 0.1) is 11.8 Å². The zero-order valence-electron chi connectivity index (χ0n) is 7.22. The molecule has 4 atom stereocenters. The molecule has 2 heterocycles. The van der Waals surface area contributed by atoms with Crippen LogP contribution in [-0.2, 0) is 0 Å². The summed E-state index contributed by atoms with van der Waals surface area (Å²) in [7, 11) is 0. The monoisotopic (exact) mass is 176 g/mol. The minimum atomic E-state index is 0.390. The molecule has 4 unspecified atom stereocenters.